The minimum atomic E-state index is -0.835. The highest BCUT2D eigenvalue weighted by Gasteiger charge is 2.44. The van der Waals surface area contributed by atoms with E-state index in [1.165, 1.54) is 0 Å². The lowest BCUT2D eigenvalue weighted by molar-refractivity contribution is -0.160. The van der Waals surface area contributed by atoms with Crippen LogP contribution in [0.25, 0.3) is 0 Å². The normalized spacial score (nSPS) is 25.1. The van der Waals surface area contributed by atoms with Gasteiger partial charge in [0.15, 0.2) is 0 Å². The van der Waals surface area contributed by atoms with E-state index in [4.69, 9.17) is 9.47 Å². The van der Waals surface area contributed by atoms with Crippen molar-refractivity contribution >= 4 is 5.97 Å². The van der Waals surface area contributed by atoms with Gasteiger partial charge in [-0.15, -0.1) is 0 Å². The number of hydrogen-bond acceptors (Lipinski definition) is 3. The lowest BCUT2D eigenvalue weighted by Gasteiger charge is -2.44. The summed E-state index contributed by atoms with van der Waals surface area (Å²) in [6.07, 6.45) is 1.64. The monoisotopic (exact) mass is 278 g/mol. The van der Waals surface area contributed by atoms with Gasteiger partial charge in [-0.3, -0.25) is 4.79 Å². The van der Waals surface area contributed by atoms with Crippen LogP contribution in [0.4, 0.5) is 0 Å². The van der Waals surface area contributed by atoms with Crippen LogP contribution in [0.5, 0.6) is 5.75 Å². The Morgan fingerprint density at radius 1 is 1.35 bits per heavy atom. The van der Waals surface area contributed by atoms with Gasteiger partial charge >= 0.3 is 5.97 Å². The molecule has 0 saturated carbocycles. The van der Waals surface area contributed by atoms with E-state index in [0.717, 1.165) is 17.7 Å². The second-order valence-electron chi connectivity index (χ2n) is 6.23. The van der Waals surface area contributed by atoms with Crippen molar-refractivity contribution in [1.82, 2.24) is 0 Å². The van der Waals surface area contributed by atoms with Crippen LogP contribution in [0.15, 0.2) is 24.3 Å². The third kappa shape index (κ3) is 3.12. The Balaban J connectivity index is 2.37. The summed E-state index contributed by atoms with van der Waals surface area (Å²) in [4.78, 5) is 11.3. The first-order valence-corrected chi connectivity index (χ1v) is 6.87. The number of rotatable bonds is 4. The number of hydrogen-bond donors (Lipinski definition) is 1. The second kappa shape index (κ2) is 5.44. The summed E-state index contributed by atoms with van der Waals surface area (Å²) in [5, 5.41) is 9.26. The number of methoxy groups -OCH3 is 1. The standard InChI is InChI=1S/C16H22O4/c1-15(2)8-9-20-16(11-15,10-14(17)18)12-4-6-13(19-3)7-5-12/h4-7H,8-11H2,1-3H3,(H,17,18). The molecule has 0 aliphatic carbocycles. The van der Waals surface area contributed by atoms with Gasteiger partial charge in [0, 0.05) is 6.61 Å². The molecule has 0 aromatic heterocycles. The molecule has 1 aromatic carbocycles. The van der Waals surface area contributed by atoms with Crippen molar-refractivity contribution in [3.8, 4) is 5.75 Å². The molecular formula is C16H22O4. The molecule has 20 heavy (non-hydrogen) atoms. The highest BCUT2D eigenvalue weighted by Crippen LogP contribution is 2.46. The minimum absolute atomic E-state index is 0.0112. The van der Waals surface area contributed by atoms with Crippen molar-refractivity contribution in [3.05, 3.63) is 29.8 Å². The highest BCUT2D eigenvalue weighted by atomic mass is 16.5. The smallest absolute Gasteiger partial charge is 0.306 e. The van der Waals surface area contributed by atoms with Crippen molar-refractivity contribution in [2.75, 3.05) is 13.7 Å². The molecule has 1 aliphatic rings. The molecule has 1 unspecified atom stereocenters. The first-order valence-electron chi connectivity index (χ1n) is 6.87. The quantitative estimate of drug-likeness (QED) is 0.919. The maximum atomic E-state index is 11.3. The molecule has 1 fully saturated rings. The van der Waals surface area contributed by atoms with E-state index in [-0.39, 0.29) is 11.8 Å². The van der Waals surface area contributed by atoms with Gasteiger partial charge in [0.05, 0.1) is 13.5 Å². The Labute approximate surface area is 119 Å². The van der Waals surface area contributed by atoms with Gasteiger partial charge in [0.1, 0.15) is 11.4 Å². The maximum Gasteiger partial charge on any atom is 0.306 e. The van der Waals surface area contributed by atoms with Crippen molar-refractivity contribution < 1.29 is 19.4 Å². The van der Waals surface area contributed by atoms with Crippen LogP contribution in [0.3, 0.4) is 0 Å². The average Bonchev–Trinajstić information content (AvgIpc) is 2.37. The summed E-state index contributed by atoms with van der Waals surface area (Å²) in [7, 11) is 1.61. The zero-order valence-corrected chi connectivity index (χ0v) is 12.3. The number of carboxylic acid groups (broad SMARTS) is 1. The van der Waals surface area contributed by atoms with Crippen molar-refractivity contribution in [1.29, 1.82) is 0 Å². The van der Waals surface area contributed by atoms with Crippen molar-refractivity contribution in [2.45, 2.75) is 38.7 Å². The summed E-state index contributed by atoms with van der Waals surface area (Å²) in [6, 6.07) is 7.51. The fraction of sp³-hybridized carbons (Fsp3) is 0.562. The van der Waals surface area contributed by atoms with Crippen LogP contribution in [-0.2, 0) is 15.1 Å². The Kier molecular flexibility index (Phi) is 4.04. The van der Waals surface area contributed by atoms with Gasteiger partial charge < -0.3 is 14.6 Å². The van der Waals surface area contributed by atoms with Gasteiger partial charge in [0.25, 0.3) is 0 Å². The van der Waals surface area contributed by atoms with Crippen molar-refractivity contribution in [2.24, 2.45) is 5.41 Å². The van der Waals surface area contributed by atoms with E-state index in [1.54, 1.807) is 7.11 Å². The van der Waals surface area contributed by atoms with Crippen LogP contribution >= 0.6 is 0 Å². The van der Waals surface area contributed by atoms with Gasteiger partial charge in [-0.1, -0.05) is 26.0 Å². The Bertz CT molecular complexity index is 478. The van der Waals surface area contributed by atoms with E-state index in [9.17, 15) is 9.90 Å². The first-order chi connectivity index (χ1) is 9.37. The summed E-state index contributed by atoms with van der Waals surface area (Å²) in [5.41, 5.74) is 0.251. The number of aliphatic carboxylic acids is 1. The topological polar surface area (TPSA) is 55.8 Å². The van der Waals surface area contributed by atoms with E-state index in [1.807, 2.05) is 24.3 Å². The summed E-state index contributed by atoms with van der Waals surface area (Å²) in [5.74, 6) is -0.0761. The molecule has 4 heteroatoms. The van der Waals surface area contributed by atoms with Crippen LogP contribution in [0, 0.1) is 5.41 Å². The predicted molar refractivity (Wildman–Crippen MR) is 75.9 cm³/mol. The van der Waals surface area contributed by atoms with Crippen LogP contribution in [0.1, 0.15) is 38.7 Å². The fourth-order valence-corrected chi connectivity index (χ4v) is 2.98. The van der Waals surface area contributed by atoms with Gasteiger partial charge in [0.2, 0.25) is 0 Å². The lowest BCUT2D eigenvalue weighted by Crippen LogP contribution is -2.42. The fourth-order valence-electron chi connectivity index (χ4n) is 2.98. The summed E-state index contributed by atoms with van der Waals surface area (Å²) >= 11 is 0. The third-order valence-electron chi connectivity index (χ3n) is 3.97. The number of benzene rings is 1. The molecule has 1 atom stereocenters. The van der Waals surface area contributed by atoms with Crippen LogP contribution in [0.2, 0.25) is 0 Å². The zero-order chi connectivity index (χ0) is 14.8. The van der Waals surface area contributed by atoms with Gasteiger partial charge in [-0.25, -0.2) is 0 Å². The minimum Gasteiger partial charge on any atom is -0.497 e. The van der Waals surface area contributed by atoms with E-state index < -0.39 is 11.6 Å². The lowest BCUT2D eigenvalue weighted by atomic mass is 9.72. The van der Waals surface area contributed by atoms with Crippen molar-refractivity contribution in [3.63, 3.8) is 0 Å². The molecule has 0 spiro atoms. The Morgan fingerprint density at radius 3 is 2.50 bits per heavy atom. The Morgan fingerprint density at radius 2 is 2.00 bits per heavy atom. The first kappa shape index (κ1) is 14.9. The Hall–Kier alpha value is -1.55. The molecule has 1 aliphatic heterocycles. The molecular weight excluding hydrogens is 256 g/mol. The molecule has 0 amide bonds. The number of carboxylic acids is 1. The zero-order valence-electron chi connectivity index (χ0n) is 12.3. The highest BCUT2D eigenvalue weighted by molar-refractivity contribution is 5.68. The molecule has 0 radical (unpaired) electrons. The van der Waals surface area contributed by atoms with Gasteiger partial charge in [-0.05, 0) is 36.0 Å². The molecule has 1 N–H and O–H groups in total. The second-order valence-corrected chi connectivity index (χ2v) is 6.23. The molecule has 1 heterocycles. The SMILES string of the molecule is COc1ccc(C2(CC(=O)O)CC(C)(C)CCO2)cc1. The predicted octanol–water partition coefficient (Wildman–Crippen LogP) is 3.20. The number of ether oxygens (including phenoxy) is 2. The molecule has 4 nitrogen and oxygen atoms in total. The molecule has 1 saturated heterocycles. The maximum absolute atomic E-state index is 11.3. The number of carbonyl (C=O) groups is 1. The molecule has 2 rings (SSSR count). The van der Waals surface area contributed by atoms with E-state index in [0.29, 0.717) is 13.0 Å². The molecule has 1 aromatic rings. The average molecular weight is 278 g/mol. The van der Waals surface area contributed by atoms with Crippen LogP contribution < -0.4 is 4.74 Å². The van der Waals surface area contributed by atoms with Crippen LogP contribution in [-0.4, -0.2) is 24.8 Å². The molecule has 0 bridgehead atoms. The van der Waals surface area contributed by atoms with Gasteiger partial charge in [-0.2, -0.15) is 0 Å². The molecule has 110 valence electrons. The van der Waals surface area contributed by atoms with E-state index in [2.05, 4.69) is 13.8 Å². The summed E-state index contributed by atoms with van der Waals surface area (Å²) < 4.78 is 11.1. The third-order valence-corrected chi connectivity index (χ3v) is 3.97. The largest absolute Gasteiger partial charge is 0.497 e. The summed E-state index contributed by atoms with van der Waals surface area (Å²) in [6.45, 7) is 4.91. The van der Waals surface area contributed by atoms with E-state index >= 15 is 0 Å².